The number of halogens is 1. The molecule has 0 amide bonds. The van der Waals surface area contributed by atoms with Gasteiger partial charge < -0.3 is 4.74 Å². The molecule has 0 atom stereocenters. The minimum absolute atomic E-state index is 0.536. The van der Waals surface area contributed by atoms with E-state index in [0.29, 0.717) is 6.61 Å². The predicted octanol–water partition coefficient (Wildman–Crippen LogP) is 4.36. The van der Waals surface area contributed by atoms with Crippen LogP contribution in [-0.4, -0.2) is 4.98 Å². The minimum Gasteiger partial charge on any atom is -0.487 e. The van der Waals surface area contributed by atoms with Crippen molar-refractivity contribution in [2.24, 2.45) is 0 Å². The highest BCUT2D eigenvalue weighted by atomic mass is 79.9. The van der Waals surface area contributed by atoms with Crippen LogP contribution in [0.25, 0.3) is 0 Å². The number of hydrogen-bond donors (Lipinski definition) is 0. The molecule has 1 aromatic heterocycles. The van der Waals surface area contributed by atoms with Crippen LogP contribution in [0.3, 0.4) is 0 Å². The highest BCUT2D eigenvalue weighted by Gasteiger charge is 2.04. The summed E-state index contributed by atoms with van der Waals surface area (Å²) in [6.07, 6.45) is 0.987. The molecule has 2 nitrogen and oxygen atoms in total. The summed E-state index contributed by atoms with van der Waals surface area (Å²) in [5, 5.41) is 3.22. The van der Waals surface area contributed by atoms with Gasteiger partial charge in [-0.1, -0.05) is 28.9 Å². The second kappa shape index (κ2) is 5.65. The van der Waals surface area contributed by atoms with E-state index in [9.17, 15) is 0 Å². The molecule has 2 aromatic rings. The van der Waals surface area contributed by atoms with E-state index < -0.39 is 0 Å². The van der Waals surface area contributed by atoms with Crippen molar-refractivity contribution >= 4 is 27.3 Å². The normalized spacial score (nSPS) is 10.5. The highest BCUT2D eigenvalue weighted by Crippen LogP contribution is 2.24. The van der Waals surface area contributed by atoms with Gasteiger partial charge in [-0.2, -0.15) is 0 Å². The molecule has 17 heavy (non-hydrogen) atoms. The van der Waals surface area contributed by atoms with E-state index >= 15 is 0 Å². The molecule has 0 radical (unpaired) electrons. The molecule has 0 bridgehead atoms. The van der Waals surface area contributed by atoms with E-state index in [4.69, 9.17) is 4.74 Å². The zero-order valence-electron chi connectivity index (χ0n) is 9.87. The first-order valence-electron chi connectivity index (χ1n) is 5.51. The average molecular weight is 312 g/mol. The van der Waals surface area contributed by atoms with Gasteiger partial charge in [0.1, 0.15) is 12.4 Å². The van der Waals surface area contributed by atoms with E-state index in [1.54, 1.807) is 11.3 Å². The number of benzene rings is 1. The number of hydrogen-bond acceptors (Lipinski definition) is 3. The molecule has 0 aliphatic heterocycles. The van der Waals surface area contributed by atoms with Gasteiger partial charge in [-0.3, -0.25) is 0 Å². The Morgan fingerprint density at radius 1 is 1.41 bits per heavy atom. The Morgan fingerprint density at radius 2 is 2.24 bits per heavy atom. The summed E-state index contributed by atoms with van der Waals surface area (Å²) in [4.78, 5) is 4.48. The van der Waals surface area contributed by atoms with Gasteiger partial charge >= 0.3 is 0 Å². The van der Waals surface area contributed by atoms with Crippen LogP contribution in [0.15, 0.2) is 28.1 Å². The predicted molar refractivity (Wildman–Crippen MR) is 74.7 cm³/mol. The number of aryl methyl sites for hydroxylation is 2. The van der Waals surface area contributed by atoms with Gasteiger partial charge in [0.05, 0.1) is 10.7 Å². The van der Waals surface area contributed by atoms with Gasteiger partial charge in [0.25, 0.3) is 0 Å². The van der Waals surface area contributed by atoms with E-state index in [0.717, 1.165) is 32.9 Å². The fraction of sp³-hybridized carbons (Fsp3) is 0.308. The van der Waals surface area contributed by atoms with Crippen LogP contribution in [0.1, 0.15) is 23.2 Å². The molecule has 2 rings (SSSR count). The molecule has 0 aliphatic rings. The Kier molecular flexibility index (Phi) is 4.18. The lowest BCUT2D eigenvalue weighted by Gasteiger charge is -2.07. The van der Waals surface area contributed by atoms with Crippen molar-refractivity contribution in [2.75, 3.05) is 0 Å². The molecule has 1 aromatic carbocycles. The number of nitrogens with zero attached hydrogens (tertiary/aromatic N) is 1. The summed E-state index contributed by atoms with van der Waals surface area (Å²) in [7, 11) is 0. The van der Waals surface area contributed by atoms with E-state index in [1.807, 2.05) is 25.1 Å². The van der Waals surface area contributed by atoms with Gasteiger partial charge in [-0.25, -0.2) is 4.98 Å². The highest BCUT2D eigenvalue weighted by molar-refractivity contribution is 9.10. The lowest BCUT2D eigenvalue weighted by atomic mass is 10.2. The third-order valence-electron chi connectivity index (χ3n) is 2.43. The first-order valence-corrected chi connectivity index (χ1v) is 7.18. The van der Waals surface area contributed by atoms with Gasteiger partial charge in [-0.15, -0.1) is 11.3 Å². The molecular weight excluding hydrogens is 298 g/mol. The molecule has 0 unspecified atom stereocenters. The van der Waals surface area contributed by atoms with Gasteiger partial charge in [0.2, 0.25) is 0 Å². The Bertz CT molecular complexity index is 510. The number of aromatic nitrogens is 1. The molecule has 0 aliphatic carbocycles. The maximum absolute atomic E-state index is 5.78. The molecule has 0 fully saturated rings. The van der Waals surface area contributed by atoms with Crippen LogP contribution in [0, 0.1) is 6.92 Å². The summed E-state index contributed by atoms with van der Waals surface area (Å²) in [5.41, 5.74) is 2.14. The first-order chi connectivity index (χ1) is 8.19. The van der Waals surface area contributed by atoms with E-state index in [2.05, 4.69) is 33.2 Å². The summed E-state index contributed by atoms with van der Waals surface area (Å²) >= 11 is 5.14. The molecule has 0 N–H and O–H groups in total. The fourth-order valence-electron chi connectivity index (χ4n) is 1.46. The van der Waals surface area contributed by atoms with Crippen molar-refractivity contribution < 1.29 is 4.74 Å². The Morgan fingerprint density at radius 3 is 2.94 bits per heavy atom. The van der Waals surface area contributed by atoms with Crippen molar-refractivity contribution in [3.05, 3.63) is 44.3 Å². The molecule has 0 spiro atoms. The van der Waals surface area contributed by atoms with Crippen LogP contribution in [0.4, 0.5) is 0 Å². The molecule has 0 saturated carbocycles. The van der Waals surface area contributed by atoms with Crippen LogP contribution in [-0.2, 0) is 13.0 Å². The fourth-order valence-corrected chi connectivity index (χ4v) is 2.53. The lowest BCUT2D eigenvalue weighted by Crippen LogP contribution is -1.97. The largest absolute Gasteiger partial charge is 0.487 e. The summed E-state index contributed by atoms with van der Waals surface area (Å²) in [5.74, 6) is 0.908. The van der Waals surface area contributed by atoms with Gasteiger partial charge in [-0.05, 0) is 31.0 Å². The maximum atomic E-state index is 5.78. The Hall–Kier alpha value is -0.870. The van der Waals surface area contributed by atoms with Gasteiger partial charge in [0.15, 0.2) is 0 Å². The van der Waals surface area contributed by atoms with E-state index in [1.165, 1.54) is 0 Å². The van der Waals surface area contributed by atoms with Crippen LogP contribution >= 0.6 is 27.3 Å². The quantitative estimate of drug-likeness (QED) is 0.837. The van der Waals surface area contributed by atoms with Gasteiger partial charge in [0, 0.05) is 9.85 Å². The summed E-state index contributed by atoms with van der Waals surface area (Å²) in [6.45, 7) is 4.69. The van der Waals surface area contributed by atoms with Crippen molar-refractivity contribution in [3.63, 3.8) is 0 Å². The van der Waals surface area contributed by atoms with Crippen molar-refractivity contribution in [1.82, 2.24) is 4.98 Å². The third kappa shape index (κ3) is 3.30. The van der Waals surface area contributed by atoms with Crippen LogP contribution in [0.5, 0.6) is 5.75 Å². The SMILES string of the molecule is CCc1nc(COc2cc(Br)ccc2C)cs1. The summed E-state index contributed by atoms with van der Waals surface area (Å²) in [6, 6.07) is 6.04. The maximum Gasteiger partial charge on any atom is 0.131 e. The molecule has 90 valence electrons. The monoisotopic (exact) mass is 311 g/mol. The standard InChI is InChI=1S/C13H14BrNOS/c1-3-13-15-11(8-17-13)7-16-12-6-10(14)5-4-9(12)2/h4-6,8H,3,7H2,1-2H3. The first kappa shape index (κ1) is 12.6. The number of rotatable bonds is 4. The molecule has 0 saturated heterocycles. The van der Waals surface area contributed by atoms with E-state index in [-0.39, 0.29) is 0 Å². The third-order valence-corrected chi connectivity index (χ3v) is 3.96. The van der Waals surface area contributed by atoms with Crippen LogP contribution in [0.2, 0.25) is 0 Å². The second-order valence-corrected chi connectivity index (χ2v) is 5.64. The average Bonchev–Trinajstić information content (AvgIpc) is 2.78. The zero-order chi connectivity index (χ0) is 12.3. The summed E-state index contributed by atoms with van der Waals surface area (Å²) < 4.78 is 6.81. The Balaban J connectivity index is 2.04. The topological polar surface area (TPSA) is 22.1 Å². The van der Waals surface area contributed by atoms with Crippen molar-refractivity contribution in [3.8, 4) is 5.75 Å². The molecular formula is C13H14BrNOS. The van der Waals surface area contributed by atoms with Crippen molar-refractivity contribution in [1.29, 1.82) is 0 Å². The second-order valence-electron chi connectivity index (χ2n) is 3.78. The smallest absolute Gasteiger partial charge is 0.131 e. The lowest BCUT2D eigenvalue weighted by molar-refractivity contribution is 0.299. The molecule has 4 heteroatoms. The minimum atomic E-state index is 0.536. The van der Waals surface area contributed by atoms with Crippen LogP contribution < -0.4 is 4.74 Å². The Labute approximate surface area is 114 Å². The van der Waals surface area contributed by atoms with Crippen molar-refractivity contribution in [2.45, 2.75) is 26.9 Å². The number of thiazole rings is 1. The number of ether oxygens (including phenoxy) is 1. The molecule has 1 heterocycles. The zero-order valence-corrected chi connectivity index (χ0v) is 12.3.